The molecule has 1 aliphatic heterocycles. The van der Waals surface area contributed by atoms with Gasteiger partial charge in [0.2, 0.25) is 5.95 Å². The maximum atomic E-state index is 12.6. The predicted molar refractivity (Wildman–Crippen MR) is 102 cm³/mol. The van der Waals surface area contributed by atoms with Crippen LogP contribution in [-0.4, -0.2) is 45.1 Å². The van der Waals surface area contributed by atoms with Crippen LogP contribution in [0.25, 0.3) is 0 Å². The third-order valence-electron chi connectivity index (χ3n) is 4.82. The molecule has 1 amide bonds. The van der Waals surface area contributed by atoms with Gasteiger partial charge in [-0.2, -0.15) is 4.98 Å². The van der Waals surface area contributed by atoms with Crippen LogP contribution in [0, 0.1) is 0 Å². The first-order valence-electron chi connectivity index (χ1n) is 9.47. The Balaban J connectivity index is 1.82. The number of hydrogen-bond acceptors (Lipinski definition) is 7. The quantitative estimate of drug-likeness (QED) is 0.649. The number of fused-ring (bicyclic) bond motifs is 1. The van der Waals surface area contributed by atoms with Gasteiger partial charge in [0.05, 0.1) is 18.5 Å². The molecule has 2 aromatic rings. The number of nitrogen functional groups attached to an aromatic ring is 1. The number of hydrogen-bond donors (Lipinski definition) is 3. The number of carbonyl (C=O) groups excluding carboxylic acids is 1. The second-order valence-electron chi connectivity index (χ2n) is 6.81. The molecule has 27 heavy (non-hydrogen) atoms. The summed E-state index contributed by atoms with van der Waals surface area (Å²) in [6, 6.07) is 3.47. The molecule has 0 aliphatic carbocycles. The summed E-state index contributed by atoms with van der Waals surface area (Å²) >= 11 is 0. The lowest BCUT2D eigenvalue weighted by Crippen LogP contribution is -2.37. The van der Waals surface area contributed by atoms with Crippen LogP contribution < -0.4 is 11.1 Å². The zero-order valence-corrected chi connectivity index (χ0v) is 15.6. The maximum absolute atomic E-state index is 12.6. The molecule has 0 unspecified atom stereocenters. The molecular weight excluding hydrogens is 346 g/mol. The molecule has 1 aliphatic rings. The van der Waals surface area contributed by atoms with Crippen LogP contribution >= 0.6 is 0 Å². The van der Waals surface area contributed by atoms with Gasteiger partial charge in [-0.05, 0) is 25.0 Å². The average Bonchev–Trinajstić information content (AvgIpc) is 3.20. The highest BCUT2D eigenvalue weighted by Gasteiger charge is 2.27. The van der Waals surface area contributed by atoms with E-state index in [2.05, 4.69) is 22.2 Å². The zero-order chi connectivity index (χ0) is 19.2. The Kier molecular flexibility index (Phi) is 6.28. The third kappa shape index (κ3) is 4.57. The number of aromatic nitrogens is 2. The molecule has 0 saturated carbocycles. The van der Waals surface area contributed by atoms with Gasteiger partial charge >= 0.3 is 0 Å². The molecule has 146 valence electrons. The summed E-state index contributed by atoms with van der Waals surface area (Å²) in [6.45, 7) is 3.20. The van der Waals surface area contributed by atoms with Gasteiger partial charge in [0.1, 0.15) is 5.82 Å². The molecule has 4 N–H and O–H groups in total. The van der Waals surface area contributed by atoms with Gasteiger partial charge in [-0.25, -0.2) is 4.98 Å². The van der Waals surface area contributed by atoms with E-state index >= 15 is 0 Å². The Hall–Kier alpha value is -2.61. The molecule has 0 aromatic carbocycles. The number of anilines is 2. The summed E-state index contributed by atoms with van der Waals surface area (Å²) in [4.78, 5) is 23.1. The highest BCUT2D eigenvalue weighted by atomic mass is 16.3. The number of nitrogens with two attached hydrogens (primary N) is 1. The van der Waals surface area contributed by atoms with E-state index in [1.54, 1.807) is 17.0 Å². The molecular formula is C19H27N5O3. The lowest BCUT2D eigenvalue weighted by Gasteiger charge is -2.30. The Morgan fingerprint density at radius 3 is 3.00 bits per heavy atom. The summed E-state index contributed by atoms with van der Waals surface area (Å²) in [5.74, 6) is 1.06. The third-order valence-corrected chi connectivity index (χ3v) is 4.82. The molecule has 0 saturated heterocycles. The van der Waals surface area contributed by atoms with E-state index in [9.17, 15) is 9.90 Å². The van der Waals surface area contributed by atoms with Gasteiger partial charge in [0, 0.05) is 31.2 Å². The average molecular weight is 373 g/mol. The monoisotopic (exact) mass is 373 g/mol. The SMILES string of the molecule is CCCC[C@@H](CCO)Nc1nc(N)nc2c1CN(C(=O)c1ccco1)CC2. The summed E-state index contributed by atoms with van der Waals surface area (Å²) in [5, 5.41) is 12.8. The van der Waals surface area contributed by atoms with Crippen molar-refractivity contribution in [1.82, 2.24) is 14.9 Å². The van der Waals surface area contributed by atoms with Crippen molar-refractivity contribution >= 4 is 17.7 Å². The van der Waals surface area contributed by atoms with Crippen molar-refractivity contribution in [1.29, 1.82) is 0 Å². The van der Waals surface area contributed by atoms with Crippen LogP contribution in [0.1, 0.15) is 54.4 Å². The van der Waals surface area contributed by atoms with Crippen molar-refractivity contribution in [3.05, 3.63) is 35.4 Å². The fourth-order valence-electron chi connectivity index (χ4n) is 3.37. The lowest BCUT2D eigenvalue weighted by molar-refractivity contribution is 0.0701. The number of furan rings is 1. The smallest absolute Gasteiger partial charge is 0.289 e. The number of amides is 1. The Morgan fingerprint density at radius 2 is 2.30 bits per heavy atom. The Bertz CT molecular complexity index is 763. The van der Waals surface area contributed by atoms with Crippen LogP contribution in [0.15, 0.2) is 22.8 Å². The molecule has 8 heteroatoms. The molecule has 0 fully saturated rings. The minimum atomic E-state index is -0.147. The fraction of sp³-hybridized carbons (Fsp3) is 0.526. The highest BCUT2D eigenvalue weighted by molar-refractivity contribution is 5.91. The molecule has 8 nitrogen and oxygen atoms in total. The number of aliphatic hydroxyl groups excluding tert-OH is 1. The van der Waals surface area contributed by atoms with Gasteiger partial charge in [0.25, 0.3) is 5.91 Å². The van der Waals surface area contributed by atoms with E-state index in [4.69, 9.17) is 10.2 Å². The number of nitrogens with zero attached hydrogens (tertiary/aromatic N) is 3. The number of carbonyl (C=O) groups is 1. The standard InChI is InChI=1S/C19H27N5O3/c1-2-3-5-13(8-10-25)21-17-14-12-24(18(26)16-6-4-11-27-16)9-7-15(14)22-19(20)23-17/h4,6,11,13,25H,2-3,5,7-10,12H2,1H3,(H3,20,21,22,23)/t13-/m0/s1. The number of unbranched alkanes of at least 4 members (excludes halogenated alkanes) is 1. The van der Waals surface area contributed by atoms with Crippen LogP contribution in [-0.2, 0) is 13.0 Å². The molecule has 0 bridgehead atoms. The maximum Gasteiger partial charge on any atom is 0.289 e. The number of rotatable bonds is 8. The second kappa shape index (κ2) is 8.85. The van der Waals surface area contributed by atoms with Crippen molar-refractivity contribution in [2.45, 2.75) is 51.6 Å². The van der Waals surface area contributed by atoms with Gasteiger partial charge in [0.15, 0.2) is 5.76 Å². The molecule has 0 spiro atoms. The summed E-state index contributed by atoms with van der Waals surface area (Å²) in [6.07, 6.45) is 5.82. The zero-order valence-electron chi connectivity index (χ0n) is 15.6. The molecule has 2 aromatic heterocycles. The Morgan fingerprint density at radius 1 is 1.44 bits per heavy atom. The minimum absolute atomic E-state index is 0.101. The van der Waals surface area contributed by atoms with Crippen molar-refractivity contribution in [2.75, 3.05) is 24.2 Å². The van der Waals surface area contributed by atoms with Crippen LogP contribution in [0.5, 0.6) is 0 Å². The van der Waals surface area contributed by atoms with E-state index in [0.29, 0.717) is 37.5 Å². The van der Waals surface area contributed by atoms with E-state index < -0.39 is 0 Å². The second-order valence-corrected chi connectivity index (χ2v) is 6.81. The van der Waals surface area contributed by atoms with Crippen molar-refractivity contribution < 1.29 is 14.3 Å². The van der Waals surface area contributed by atoms with E-state index in [1.807, 2.05) is 0 Å². The largest absolute Gasteiger partial charge is 0.459 e. The van der Waals surface area contributed by atoms with E-state index in [-0.39, 0.29) is 24.5 Å². The predicted octanol–water partition coefficient (Wildman–Crippen LogP) is 2.20. The lowest BCUT2D eigenvalue weighted by atomic mass is 10.0. The van der Waals surface area contributed by atoms with E-state index in [0.717, 1.165) is 30.5 Å². The van der Waals surface area contributed by atoms with Crippen LogP contribution in [0.3, 0.4) is 0 Å². The van der Waals surface area contributed by atoms with Gasteiger partial charge in [-0.1, -0.05) is 19.8 Å². The number of nitrogens with one attached hydrogen (secondary N) is 1. The van der Waals surface area contributed by atoms with E-state index in [1.165, 1.54) is 6.26 Å². The topological polar surface area (TPSA) is 118 Å². The molecule has 3 rings (SSSR count). The highest BCUT2D eigenvalue weighted by Crippen LogP contribution is 2.27. The first-order valence-corrected chi connectivity index (χ1v) is 9.47. The van der Waals surface area contributed by atoms with Crippen molar-refractivity contribution in [2.24, 2.45) is 0 Å². The Labute approximate surface area is 158 Å². The molecule has 0 radical (unpaired) electrons. The fourth-order valence-corrected chi connectivity index (χ4v) is 3.37. The molecule has 3 heterocycles. The number of aliphatic hydroxyl groups is 1. The van der Waals surface area contributed by atoms with Crippen LogP contribution in [0.2, 0.25) is 0 Å². The summed E-state index contributed by atoms with van der Waals surface area (Å²) < 4.78 is 5.24. The van der Waals surface area contributed by atoms with Crippen molar-refractivity contribution in [3.8, 4) is 0 Å². The van der Waals surface area contributed by atoms with Gasteiger partial charge in [-0.3, -0.25) is 4.79 Å². The first kappa shape index (κ1) is 19.2. The summed E-state index contributed by atoms with van der Waals surface area (Å²) in [7, 11) is 0. The van der Waals surface area contributed by atoms with Gasteiger partial charge in [-0.15, -0.1) is 0 Å². The van der Waals surface area contributed by atoms with Gasteiger partial charge < -0.3 is 25.5 Å². The first-order chi connectivity index (χ1) is 13.1. The molecule has 1 atom stereocenters. The minimum Gasteiger partial charge on any atom is -0.459 e. The van der Waals surface area contributed by atoms with Crippen LogP contribution in [0.4, 0.5) is 11.8 Å². The normalized spacial score (nSPS) is 14.7. The summed E-state index contributed by atoms with van der Waals surface area (Å²) in [5.41, 5.74) is 7.65. The van der Waals surface area contributed by atoms with Crippen molar-refractivity contribution in [3.63, 3.8) is 0 Å².